The molecule has 0 aliphatic carbocycles. The number of ether oxygens (including phenoxy) is 4. The monoisotopic (exact) mass is 511 g/mol. The molecule has 0 aliphatic heterocycles. The summed E-state index contributed by atoms with van der Waals surface area (Å²) < 4.78 is 22.8. The Morgan fingerprint density at radius 3 is 1.84 bits per heavy atom. The van der Waals surface area contributed by atoms with Crippen LogP contribution in [0.5, 0.6) is 23.0 Å². The fourth-order valence-electron chi connectivity index (χ4n) is 3.88. The normalized spacial score (nSPS) is 11.1. The van der Waals surface area contributed by atoms with Crippen molar-refractivity contribution in [2.45, 2.75) is 19.6 Å². The highest BCUT2D eigenvalue weighted by Crippen LogP contribution is 2.32. The quantitative estimate of drug-likeness (QED) is 0.155. The van der Waals surface area contributed by atoms with Gasteiger partial charge in [-0.15, -0.1) is 0 Å². The van der Waals surface area contributed by atoms with E-state index in [9.17, 15) is 10.1 Å². The molecule has 0 saturated carbocycles. The van der Waals surface area contributed by atoms with E-state index in [0.29, 0.717) is 41.8 Å². The molecule has 194 valence electrons. The maximum atomic E-state index is 11.9. The number of nitrogens with zero attached hydrogens (tertiary/aromatic N) is 1. The molecule has 0 saturated heterocycles. The van der Waals surface area contributed by atoms with Crippen LogP contribution in [0.25, 0.3) is 6.08 Å². The molecule has 4 aromatic rings. The Bertz CT molecular complexity index is 1390. The molecule has 0 aliphatic rings. The van der Waals surface area contributed by atoms with Gasteiger partial charge in [-0.2, -0.15) is 0 Å². The van der Waals surface area contributed by atoms with Gasteiger partial charge in [0.05, 0.1) is 25.6 Å². The minimum atomic E-state index is -0.374. The Labute approximate surface area is 222 Å². The Balaban J connectivity index is 1.51. The minimum Gasteiger partial charge on any atom is -0.493 e. The van der Waals surface area contributed by atoms with E-state index in [1.54, 1.807) is 50.6 Å². The lowest BCUT2D eigenvalue weighted by Gasteiger charge is -2.13. The van der Waals surface area contributed by atoms with E-state index in [1.807, 2.05) is 60.7 Å². The van der Waals surface area contributed by atoms with Crippen LogP contribution in [0.3, 0.4) is 0 Å². The lowest BCUT2D eigenvalue weighted by molar-refractivity contribution is -0.425. The minimum absolute atomic E-state index is 0.0317. The van der Waals surface area contributed by atoms with Crippen LogP contribution < -0.4 is 18.9 Å². The number of methoxy groups -OCH3 is 2. The average Bonchev–Trinajstić information content (AvgIpc) is 2.96. The summed E-state index contributed by atoms with van der Waals surface area (Å²) in [4.78, 5) is 11.6. The molecule has 0 fully saturated rings. The number of allylic oxidation sites excluding steroid dienone is 1. The molecule has 0 bridgehead atoms. The predicted octanol–water partition coefficient (Wildman–Crippen LogP) is 6.72. The summed E-state index contributed by atoms with van der Waals surface area (Å²) >= 11 is 0. The van der Waals surface area contributed by atoms with Crippen molar-refractivity contribution in [1.82, 2.24) is 0 Å². The second-order valence-electron chi connectivity index (χ2n) is 8.51. The highest BCUT2D eigenvalue weighted by molar-refractivity contribution is 5.58. The highest BCUT2D eigenvalue weighted by atomic mass is 16.6. The number of benzene rings is 4. The van der Waals surface area contributed by atoms with Gasteiger partial charge in [-0.05, 0) is 46.5 Å². The second kappa shape index (κ2) is 13.0. The molecule has 0 heterocycles. The van der Waals surface area contributed by atoms with Crippen LogP contribution in [0.1, 0.15) is 22.3 Å². The van der Waals surface area contributed by atoms with Crippen molar-refractivity contribution in [2.75, 3.05) is 14.2 Å². The zero-order valence-electron chi connectivity index (χ0n) is 21.3. The summed E-state index contributed by atoms with van der Waals surface area (Å²) in [6, 6.07) is 30.2. The van der Waals surface area contributed by atoms with Crippen LogP contribution in [0.15, 0.2) is 103 Å². The van der Waals surface area contributed by atoms with Crippen LogP contribution >= 0.6 is 0 Å². The molecule has 0 unspecified atom stereocenters. The fourth-order valence-corrected chi connectivity index (χ4v) is 3.88. The maximum Gasteiger partial charge on any atom is 0.251 e. The van der Waals surface area contributed by atoms with Crippen molar-refractivity contribution in [1.29, 1.82) is 0 Å². The van der Waals surface area contributed by atoms with Gasteiger partial charge >= 0.3 is 0 Å². The van der Waals surface area contributed by atoms with E-state index in [2.05, 4.69) is 0 Å². The zero-order valence-corrected chi connectivity index (χ0v) is 21.3. The third-order valence-corrected chi connectivity index (χ3v) is 5.84. The average molecular weight is 512 g/mol. The van der Waals surface area contributed by atoms with E-state index < -0.39 is 0 Å². The Kier molecular flexibility index (Phi) is 8.97. The SMILES string of the molecule is COc1cc(/C=C(/Cc2ccc(OC)c(OCc3ccccc3)c2)[N+](=O)[O-])ccc1OCc1ccccc1. The first kappa shape index (κ1) is 26.3. The lowest BCUT2D eigenvalue weighted by atomic mass is 10.1. The van der Waals surface area contributed by atoms with Gasteiger partial charge < -0.3 is 18.9 Å². The topological polar surface area (TPSA) is 80.1 Å². The lowest BCUT2D eigenvalue weighted by Crippen LogP contribution is -2.04. The molecule has 4 rings (SSSR count). The van der Waals surface area contributed by atoms with Crippen molar-refractivity contribution in [3.63, 3.8) is 0 Å². The number of hydrogen-bond acceptors (Lipinski definition) is 6. The van der Waals surface area contributed by atoms with Crippen molar-refractivity contribution in [2.24, 2.45) is 0 Å². The summed E-state index contributed by atoms with van der Waals surface area (Å²) in [6.45, 7) is 0.746. The molecule has 38 heavy (non-hydrogen) atoms. The molecular weight excluding hydrogens is 482 g/mol. The third kappa shape index (κ3) is 7.13. The van der Waals surface area contributed by atoms with Gasteiger partial charge in [0, 0.05) is 6.08 Å². The van der Waals surface area contributed by atoms with E-state index >= 15 is 0 Å². The smallest absolute Gasteiger partial charge is 0.251 e. The summed E-state index contributed by atoms with van der Waals surface area (Å²) in [6.07, 6.45) is 1.64. The molecule has 7 heteroatoms. The van der Waals surface area contributed by atoms with Crippen LogP contribution in [0.2, 0.25) is 0 Å². The standard InChI is InChI=1S/C31H29NO6/c1-35-28-15-13-26(20-31(28)38-22-24-11-7-4-8-12-24)18-27(32(33)34)17-25-14-16-29(30(19-25)36-2)37-21-23-9-5-3-6-10-23/h3-17,19-20H,18,21-22H2,1-2H3/b27-17-. The summed E-state index contributed by atoms with van der Waals surface area (Å²) in [5, 5.41) is 11.9. The molecule has 0 spiro atoms. The molecular formula is C31H29NO6. The number of rotatable bonds is 12. The summed E-state index contributed by atoms with van der Waals surface area (Å²) in [5.74, 6) is 2.15. The van der Waals surface area contributed by atoms with Crippen LogP contribution in [-0.4, -0.2) is 19.1 Å². The van der Waals surface area contributed by atoms with Crippen LogP contribution in [0.4, 0.5) is 0 Å². The van der Waals surface area contributed by atoms with E-state index in [-0.39, 0.29) is 17.0 Å². The fraction of sp³-hybridized carbons (Fsp3) is 0.161. The first-order valence-corrected chi connectivity index (χ1v) is 12.1. The first-order chi connectivity index (χ1) is 18.6. The Morgan fingerprint density at radius 1 is 0.684 bits per heavy atom. The summed E-state index contributed by atoms with van der Waals surface area (Å²) in [5.41, 5.74) is 3.43. The van der Waals surface area contributed by atoms with Gasteiger partial charge in [-0.1, -0.05) is 72.8 Å². The van der Waals surface area contributed by atoms with Crippen molar-refractivity contribution < 1.29 is 23.9 Å². The van der Waals surface area contributed by atoms with Gasteiger partial charge in [0.1, 0.15) is 13.2 Å². The predicted molar refractivity (Wildman–Crippen MR) is 146 cm³/mol. The molecule has 0 radical (unpaired) electrons. The van der Waals surface area contributed by atoms with Crippen molar-refractivity contribution >= 4 is 6.08 Å². The van der Waals surface area contributed by atoms with Crippen LogP contribution in [-0.2, 0) is 19.6 Å². The van der Waals surface area contributed by atoms with E-state index in [4.69, 9.17) is 18.9 Å². The molecule has 0 aromatic heterocycles. The first-order valence-electron chi connectivity index (χ1n) is 12.1. The van der Waals surface area contributed by atoms with E-state index in [0.717, 1.165) is 16.7 Å². The third-order valence-electron chi connectivity index (χ3n) is 5.84. The zero-order chi connectivity index (χ0) is 26.7. The number of hydrogen-bond donors (Lipinski definition) is 0. The highest BCUT2D eigenvalue weighted by Gasteiger charge is 2.16. The Hall–Kier alpha value is -4.78. The Morgan fingerprint density at radius 2 is 1.26 bits per heavy atom. The molecule has 0 atom stereocenters. The van der Waals surface area contributed by atoms with Gasteiger partial charge in [0.15, 0.2) is 23.0 Å². The van der Waals surface area contributed by atoms with Gasteiger partial charge in [0.2, 0.25) is 0 Å². The second-order valence-corrected chi connectivity index (χ2v) is 8.51. The molecule has 0 amide bonds. The maximum absolute atomic E-state index is 11.9. The summed E-state index contributed by atoms with van der Waals surface area (Å²) in [7, 11) is 3.11. The van der Waals surface area contributed by atoms with Crippen molar-refractivity contribution in [3.05, 3.63) is 135 Å². The molecule has 4 aromatic carbocycles. The largest absolute Gasteiger partial charge is 0.493 e. The molecule has 7 nitrogen and oxygen atoms in total. The van der Waals surface area contributed by atoms with Gasteiger partial charge in [-0.3, -0.25) is 10.1 Å². The van der Waals surface area contributed by atoms with E-state index in [1.165, 1.54) is 6.08 Å². The van der Waals surface area contributed by atoms with Gasteiger partial charge in [0.25, 0.3) is 5.70 Å². The molecule has 0 N–H and O–H groups in total. The number of nitro groups is 1. The van der Waals surface area contributed by atoms with Crippen LogP contribution in [0, 0.1) is 10.1 Å². The van der Waals surface area contributed by atoms with Crippen molar-refractivity contribution in [3.8, 4) is 23.0 Å². The van der Waals surface area contributed by atoms with Gasteiger partial charge in [-0.25, -0.2) is 0 Å².